The number of rotatable bonds is 12. The fourth-order valence-electron chi connectivity index (χ4n) is 3.83. The summed E-state index contributed by atoms with van der Waals surface area (Å²) in [5.41, 5.74) is 1.01. The van der Waals surface area contributed by atoms with Gasteiger partial charge in [-0.15, -0.1) is 0 Å². The maximum Gasteiger partial charge on any atom is 0.330 e. The van der Waals surface area contributed by atoms with E-state index >= 15 is 0 Å². The molecule has 0 aliphatic heterocycles. The minimum Gasteiger partial charge on any atom is -0.508 e. The zero-order chi connectivity index (χ0) is 26.0. The molecule has 1 aliphatic carbocycles. The molecule has 6 atom stereocenters. The van der Waals surface area contributed by atoms with Crippen molar-refractivity contribution in [3.8, 4) is 5.75 Å². The Morgan fingerprint density at radius 2 is 1.77 bits per heavy atom. The first-order valence-corrected chi connectivity index (χ1v) is 11.8. The number of phenols is 1. The number of hydrogen-bond acceptors (Lipinski definition) is 8. The monoisotopic (exact) mass is 492 g/mol. The average molecular weight is 493 g/mol. The molecular weight excluding hydrogens is 456 g/mol. The van der Waals surface area contributed by atoms with Crippen LogP contribution in [0.4, 0.5) is 0 Å². The Kier molecular flexibility index (Phi) is 11.4. The van der Waals surface area contributed by atoms with Gasteiger partial charge in [-0.25, -0.2) is 9.59 Å². The molecule has 9 nitrogen and oxygen atoms in total. The summed E-state index contributed by atoms with van der Waals surface area (Å²) in [5, 5.41) is 49.1. The summed E-state index contributed by atoms with van der Waals surface area (Å²) in [6, 6.07) is 6.26. The van der Waals surface area contributed by atoms with Crippen molar-refractivity contribution in [3.05, 3.63) is 47.6 Å². The van der Waals surface area contributed by atoms with Crippen LogP contribution in [0.2, 0.25) is 0 Å². The predicted octanol–water partition coefficient (Wildman–Crippen LogP) is 2.27. The Balaban J connectivity index is 1.79. The van der Waals surface area contributed by atoms with Gasteiger partial charge in [0.2, 0.25) is 0 Å². The summed E-state index contributed by atoms with van der Waals surface area (Å²) in [5.74, 6) is -1.77. The highest BCUT2D eigenvalue weighted by atomic mass is 16.5. The summed E-state index contributed by atoms with van der Waals surface area (Å²) < 4.78 is 11.0. The second-order valence-electron chi connectivity index (χ2n) is 9.10. The number of aliphatic hydroxyl groups excluding tert-OH is 3. The molecule has 0 spiro atoms. The largest absolute Gasteiger partial charge is 0.508 e. The van der Waals surface area contributed by atoms with E-state index in [9.17, 15) is 30.0 Å². The first-order chi connectivity index (χ1) is 16.6. The summed E-state index contributed by atoms with van der Waals surface area (Å²) in [7, 11) is 0. The van der Waals surface area contributed by atoms with E-state index in [-0.39, 0.29) is 24.7 Å². The van der Waals surface area contributed by atoms with Gasteiger partial charge >= 0.3 is 11.9 Å². The number of carboxylic acids is 1. The summed E-state index contributed by atoms with van der Waals surface area (Å²) in [6.45, 7) is 3.77. The Labute approximate surface area is 205 Å². The third-order valence-corrected chi connectivity index (χ3v) is 6.23. The van der Waals surface area contributed by atoms with Gasteiger partial charge in [0.1, 0.15) is 18.0 Å². The van der Waals surface area contributed by atoms with Gasteiger partial charge < -0.3 is 35.0 Å². The predicted molar refractivity (Wildman–Crippen MR) is 128 cm³/mol. The van der Waals surface area contributed by atoms with Gasteiger partial charge in [-0.1, -0.05) is 25.1 Å². The number of carbonyl (C=O) groups is 2. The highest BCUT2D eigenvalue weighted by Crippen LogP contribution is 2.29. The molecule has 0 unspecified atom stereocenters. The normalized spacial score (nSPS) is 26.0. The molecule has 0 bridgehead atoms. The average Bonchev–Trinajstić information content (AvgIpc) is 2.82. The van der Waals surface area contributed by atoms with Gasteiger partial charge in [-0.3, -0.25) is 0 Å². The van der Waals surface area contributed by atoms with Crippen LogP contribution in [0.3, 0.4) is 0 Å². The Morgan fingerprint density at radius 1 is 1.09 bits per heavy atom. The molecule has 0 saturated heterocycles. The van der Waals surface area contributed by atoms with Crippen molar-refractivity contribution in [2.45, 2.75) is 63.9 Å². The second-order valence-corrected chi connectivity index (χ2v) is 9.10. The van der Waals surface area contributed by atoms with Crippen molar-refractivity contribution in [3.63, 3.8) is 0 Å². The molecule has 1 aliphatic rings. The molecule has 35 heavy (non-hydrogen) atoms. The first kappa shape index (κ1) is 28.5. The molecule has 2 rings (SSSR count). The van der Waals surface area contributed by atoms with Crippen molar-refractivity contribution in [2.75, 3.05) is 13.2 Å². The molecule has 9 heteroatoms. The molecule has 0 radical (unpaired) electrons. The number of allylic oxidation sites excluding steroid dienone is 1. The zero-order valence-corrected chi connectivity index (χ0v) is 20.1. The molecular formula is C26H36O9. The van der Waals surface area contributed by atoms with Crippen LogP contribution >= 0.6 is 0 Å². The van der Waals surface area contributed by atoms with Crippen LogP contribution in [0.25, 0.3) is 6.08 Å². The lowest BCUT2D eigenvalue weighted by Gasteiger charge is -2.40. The molecule has 194 valence electrons. The van der Waals surface area contributed by atoms with Gasteiger partial charge in [0.15, 0.2) is 0 Å². The fraction of sp³-hybridized carbons (Fsp3) is 0.538. The van der Waals surface area contributed by atoms with E-state index in [0.29, 0.717) is 30.6 Å². The molecule has 5 N–H and O–H groups in total. The van der Waals surface area contributed by atoms with Gasteiger partial charge in [0.25, 0.3) is 0 Å². The van der Waals surface area contributed by atoms with Gasteiger partial charge in [-0.2, -0.15) is 0 Å². The lowest BCUT2D eigenvalue weighted by Crippen LogP contribution is -2.55. The molecule has 1 aromatic carbocycles. The van der Waals surface area contributed by atoms with E-state index in [1.165, 1.54) is 24.3 Å². The maximum absolute atomic E-state index is 12.1. The number of esters is 1. The highest BCUT2D eigenvalue weighted by Gasteiger charge is 2.43. The highest BCUT2D eigenvalue weighted by molar-refractivity contribution is 5.87. The van der Waals surface area contributed by atoms with Crippen molar-refractivity contribution >= 4 is 18.0 Å². The van der Waals surface area contributed by atoms with Crippen LogP contribution in [0, 0.1) is 11.8 Å². The van der Waals surface area contributed by atoms with Crippen LogP contribution in [0.1, 0.15) is 45.1 Å². The van der Waals surface area contributed by atoms with Crippen molar-refractivity contribution in [1.29, 1.82) is 0 Å². The number of hydrogen-bond donors (Lipinski definition) is 5. The fourth-order valence-corrected chi connectivity index (χ4v) is 3.83. The number of phenolic OH excluding ortho intramolecular Hbond substituents is 1. The van der Waals surface area contributed by atoms with Crippen molar-refractivity contribution in [2.24, 2.45) is 11.8 Å². The topological polar surface area (TPSA) is 154 Å². The molecule has 1 aromatic rings. The lowest BCUT2D eigenvalue weighted by atomic mass is 9.81. The van der Waals surface area contributed by atoms with E-state index < -0.39 is 42.3 Å². The number of carboxylic acid groups (broad SMARTS) is 1. The van der Waals surface area contributed by atoms with Gasteiger partial charge in [0, 0.05) is 24.2 Å². The number of aliphatic hydroxyl groups is 3. The number of benzene rings is 1. The Hall–Kier alpha value is -2.72. The molecule has 0 aromatic heterocycles. The summed E-state index contributed by atoms with van der Waals surface area (Å²) in [6.07, 6.45) is 2.12. The molecule has 0 heterocycles. The third kappa shape index (κ3) is 9.45. The van der Waals surface area contributed by atoms with Crippen LogP contribution in [-0.4, -0.2) is 75.1 Å². The summed E-state index contributed by atoms with van der Waals surface area (Å²) >= 11 is 0. The molecule has 1 fully saturated rings. The quantitative estimate of drug-likeness (QED) is 0.218. The zero-order valence-electron chi connectivity index (χ0n) is 20.1. The Morgan fingerprint density at radius 3 is 2.43 bits per heavy atom. The molecule has 1 saturated carbocycles. The van der Waals surface area contributed by atoms with E-state index in [4.69, 9.17) is 14.6 Å². The van der Waals surface area contributed by atoms with E-state index in [1.54, 1.807) is 25.1 Å². The lowest BCUT2D eigenvalue weighted by molar-refractivity contribution is -0.183. The van der Waals surface area contributed by atoms with E-state index in [0.717, 1.165) is 6.42 Å². The van der Waals surface area contributed by atoms with E-state index in [1.807, 2.05) is 6.92 Å². The number of carbonyl (C=O) groups excluding carboxylic acids is 1. The van der Waals surface area contributed by atoms with Crippen LogP contribution in [0.5, 0.6) is 5.75 Å². The maximum atomic E-state index is 12.1. The van der Waals surface area contributed by atoms with Crippen molar-refractivity contribution < 1.29 is 44.6 Å². The third-order valence-electron chi connectivity index (χ3n) is 6.23. The van der Waals surface area contributed by atoms with Crippen LogP contribution < -0.4 is 0 Å². The van der Waals surface area contributed by atoms with Gasteiger partial charge in [-0.05, 0) is 62.3 Å². The number of ether oxygens (including phenoxy) is 2. The SMILES string of the molecule is C/C(=C\CC[C@@H](C)CCO[C@@H]1C[C@H](COC(=O)/C=C\c2ccc(O)cc2)[C@@H](O)[C@H](O)[C@H]1O)C(=O)O. The minimum absolute atomic E-state index is 0.117. The van der Waals surface area contributed by atoms with Crippen LogP contribution in [0.15, 0.2) is 42.0 Å². The first-order valence-electron chi connectivity index (χ1n) is 11.8. The summed E-state index contributed by atoms with van der Waals surface area (Å²) in [4.78, 5) is 22.9. The van der Waals surface area contributed by atoms with Crippen molar-refractivity contribution in [1.82, 2.24) is 0 Å². The number of aromatic hydroxyl groups is 1. The smallest absolute Gasteiger partial charge is 0.330 e. The number of aliphatic carboxylic acids is 1. The van der Waals surface area contributed by atoms with Crippen LogP contribution in [-0.2, 0) is 19.1 Å². The Bertz CT molecular complexity index is 877. The minimum atomic E-state index is -1.42. The van der Waals surface area contributed by atoms with E-state index in [2.05, 4.69) is 0 Å². The van der Waals surface area contributed by atoms with Gasteiger partial charge in [0.05, 0.1) is 18.8 Å². The standard InChI is InChI=1S/C26H36O9/c1-16(4-3-5-17(2)26(32)33)12-13-34-21-14-19(23(29)25(31)24(21)30)15-35-22(28)11-8-18-6-9-20(27)10-7-18/h5-11,16,19,21,23-25,27,29-31H,3-4,12-15H2,1-2H3,(H,32,33)/b11-8-,17-5+/t16-,19-,21-,23-,24+,25+/m1/s1. The molecule has 0 amide bonds. The second kappa shape index (κ2) is 14.0.